The maximum atomic E-state index is 4.31. The highest BCUT2D eigenvalue weighted by Crippen LogP contribution is 2.49. The first kappa shape index (κ1) is 10.9. The van der Waals surface area contributed by atoms with E-state index >= 15 is 0 Å². The Morgan fingerprint density at radius 3 is 2.93 bits per heavy atom. The van der Waals surface area contributed by atoms with Crippen molar-refractivity contribution in [2.24, 2.45) is 5.41 Å². The number of nitrogens with one attached hydrogen (secondary N) is 1. The summed E-state index contributed by atoms with van der Waals surface area (Å²) in [4.78, 5) is 4.31. The van der Waals surface area contributed by atoms with Gasteiger partial charge < -0.3 is 5.32 Å². The van der Waals surface area contributed by atoms with Crippen LogP contribution in [0, 0.1) is 5.41 Å². The summed E-state index contributed by atoms with van der Waals surface area (Å²) in [5.74, 6) is 0.972. The fraction of sp³-hybridized carbons (Fsp3) is 0.583. The van der Waals surface area contributed by atoms with Crippen molar-refractivity contribution in [2.45, 2.75) is 32.6 Å². The quantitative estimate of drug-likeness (QED) is 0.878. The zero-order chi connectivity index (χ0) is 10.7. The molecule has 15 heavy (non-hydrogen) atoms. The molecule has 2 nitrogen and oxygen atoms in total. The molecule has 1 aromatic heterocycles. The van der Waals surface area contributed by atoms with Crippen molar-refractivity contribution in [3.05, 3.63) is 22.8 Å². The van der Waals surface area contributed by atoms with Crippen molar-refractivity contribution >= 4 is 21.7 Å². The van der Waals surface area contributed by atoms with Crippen molar-refractivity contribution in [1.29, 1.82) is 0 Å². The lowest BCUT2D eigenvalue weighted by Crippen LogP contribution is -2.16. The molecule has 0 unspecified atom stereocenters. The second-order valence-electron chi connectivity index (χ2n) is 4.44. The Kier molecular flexibility index (Phi) is 3.29. The average molecular weight is 269 g/mol. The fourth-order valence-electron chi connectivity index (χ4n) is 2.01. The summed E-state index contributed by atoms with van der Waals surface area (Å²) >= 11 is 3.50. The van der Waals surface area contributed by atoms with Gasteiger partial charge in [-0.2, -0.15) is 0 Å². The number of aromatic nitrogens is 1. The van der Waals surface area contributed by atoms with Gasteiger partial charge in [0.05, 0.1) is 4.47 Å². The van der Waals surface area contributed by atoms with E-state index in [9.17, 15) is 0 Å². The molecule has 1 heterocycles. The minimum Gasteiger partial charge on any atom is -0.369 e. The van der Waals surface area contributed by atoms with Crippen molar-refractivity contribution in [3.8, 4) is 0 Å². The lowest BCUT2D eigenvalue weighted by Gasteiger charge is -2.15. The van der Waals surface area contributed by atoms with Crippen LogP contribution in [-0.2, 0) is 0 Å². The molecule has 0 atom stereocenters. The summed E-state index contributed by atoms with van der Waals surface area (Å²) < 4.78 is 1.05. The third-order valence-corrected chi connectivity index (χ3v) is 3.77. The molecule has 1 saturated carbocycles. The molecule has 0 saturated heterocycles. The summed E-state index contributed by atoms with van der Waals surface area (Å²) in [6.07, 6.45) is 7.19. The molecular formula is C12H17BrN2. The third-order valence-electron chi connectivity index (χ3n) is 3.13. The third kappa shape index (κ3) is 2.71. The molecule has 1 aliphatic rings. The highest BCUT2D eigenvalue weighted by Gasteiger charge is 2.41. The summed E-state index contributed by atoms with van der Waals surface area (Å²) in [5, 5.41) is 3.44. The van der Waals surface area contributed by atoms with Crippen LogP contribution in [0.25, 0.3) is 0 Å². The van der Waals surface area contributed by atoms with Gasteiger partial charge in [-0.05, 0) is 52.7 Å². The van der Waals surface area contributed by atoms with Gasteiger partial charge in [-0.3, -0.25) is 0 Å². The average Bonchev–Trinajstić information content (AvgIpc) is 2.98. The van der Waals surface area contributed by atoms with E-state index in [1.807, 2.05) is 18.3 Å². The molecule has 1 aliphatic carbocycles. The second-order valence-corrected chi connectivity index (χ2v) is 5.29. The van der Waals surface area contributed by atoms with Gasteiger partial charge in [0.2, 0.25) is 0 Å². The number of hydrogen-bond donors (Lipinski definition) is 1. The van der Waals surface area contributed by atoms with Gasteiger partial charge in [0.15, 0.2) is 0 Å². The van der Waals surface area contributed by atoms with E-state index in [1.165, 1.54) is 25.7 Å². The first-order valence-electron chi connectivity index (χ1n) is 5.60. The summed E-state index contributed by atoms with van der Waals surface area (Å²) in [6, 6.07) is 3.96. The van der Waals surface area contributed by atoms with E-state index < -0.39 is 0 Å². The van der Waals surface area contributed by atoms with Crippen LogP contribution >= 0.6 is 15.9 Å². The van der Waals surface area contributed by atoms with E-state index in [-0.39, 0.29) is 0 Å². The zero-order valence-corrected chi connectivity index (χ0v) is 10.7. The predicted molar refractivity (Wildman–Crippen MR) is 67.0 cm³/mol. The first-order valence-corrected chi connectivity index (χ1v) is 6.39. The van der Waals surface area contributed by atoms with Crippen LogP contribution in [0.2, 0.25) is 0 Å². The lowest BCUT2D eigenvalue weighted by molar-refractivity contribution is 0.485. The van der Waals surface area contributed by atoms with Gasteiger partial charge in [0.25, 0.3) is 0 Å². The molecule has 0 aliphatic heterocycles. The molecule has 1 N–H and O–H groups in total. The second kappa shape index (κ2) is 4.52. The molecule has 2 rings (SSSR count). The Morgan fingerprint density at radius 1 is 1.53 bits per heavy atom. The van der Waals surface area contributed by atoms with Gasteiger partial charge in [-0.1, -0.05) is 13.3 Å². The maximum absolute atomic E-state index is 4.31. The molecule has 0 radical (unpaired) electrons. The molecular weight excluding hydrogens is 252 g/mol. The Hall–Kier alpha value is -0.570. The smallest absolute Gasteiger partial charge is 0.140 e. The van der Waals surface area contributed by atoms with E-state index in [0.717, 1.165) is 16.8 Å². The molecule has 0 aromatic carbocycles. The van der Waals surface area contributed by atoms with Crippen LogP contribution in [0.15, 0.2) is 22.8 Å². The Labute approximate surface area is 99.6 Å². The van der Waals surface area contributed by atoms with E-state index in [4.69, 9.17) is 0 Å². The summed E-state index contributed by atoms with van der Waals surface area (Å²) in [6.45, 7) is 3.33. The summed E-state index contributed by atoms with van der Waals surface area (Å²) in [5.41, 5.74) is 0.575. The maximum Gasteiger partial charge on any atom is 0.140 e. The molecule has 0 bridgehead atoms. The normalized spacial score (nSPS) is 17.5. The zero-order valence-electron chi connectivity index (χ0n) is 9.09. The largest absolute Gasteiger partial charge is 0.369 e. The molecule has 82 valence electrons. The number of halogens is 1. The Morgan fingerprint density at radius 2 is 2.33 bits per heavy atom. The van der Waals surface area contributed by atoms with E-state index in [2.05, 4.69) is 33.2 Å². The Bertz CT molecular complexity index is 334. The van der Waals surface area contributed by atoms with Gasteiger partial charge in [-0.15, -0.1) is 0 Å². The fourth-order valence-corrected chi connectivity index (χ4v) is 2.40. The first-order chi connectivity index (χ1) is 7.26. The molecule has 1 aromatic rings. The van der Waals surface area contributed by atoms with Crippen LogP contribution in [0.5, 0.6) is 0 Å². The molecule has 0 spiro atoms. The highest BCUT2D eigenvalue weighted by molar-refractivity contribution is 9.10. The minimum absolute atomic E-state index is 0.575. The van der Waals surface area contributed by atoms with Crippen molar-refractivity contribution in [2.75, 3.05) is 11.9 Å². The van der Waals surface area contributed by atoms with Crippen LogP contribution in [-0.4, -0.2) is 11.5 Å². The summed E-state index contributed by atoms with van der Waals surface area (Å²) in [7, 11) is 0. The number of pyridine rings is 1. The molecule has 3 heteroatoms. The van der Waals surface area contributed by atoms with Crippen LogP contribution in [0.3, 0.4) is 0 Å². The minimum atomic E-state index is 0.575. The molecule has 0 amide bonds. The van der Waals surface area contributed by atoms with Gasteiger partial charge in [-0.25, -0.2) is 4.98 Å². The highest BCUT2D eigenvalue weighted by atomic mass is 79.9. The van der Waals surface area contributed by atoms with Crippen molar-refractivity contribution in [3.63, 3.8) is 0 Å². The standard InChI is InChI=1S/C12H17BrN2/c1-2-5-12(6-7-12)9-15-11-10(13)4-3-8-14-11/h3-4,8H,2,5-7,9H2,1H3,(H,14,15). The van der Waals surface area contributed by atoms with Gasteiger partial charge in [0.1, 0.15) is 5.82 Å². The lowest BCUT2D eigenvalue weighted by atomic mass is 10.0. The number of anilines is 1. The van der Waals surface area contributed by atoms with Crippen LogP contribution < -0.4 is 5.32 Å². The van der Waals surface area contributed by atoms with Crippen molar-refractivity contribution < 1.29 is 0 Å². The predicted octanol–water partition coefficient (Wildman–Crippen LogP) is 3.84. The van der Waals surface area contributed by atoms with Crippen LogP contribution in [0.1, 0.15) is 32.6 Å². The number of rotatable bonds is 5. The number of hydrogen-bond acceptors (Lipinski definition) is 2. The van der Waals surface area contributed by atoms with E-state index in [0.29, 0.717) is 5.41 Å². The van der Waals surface area contributed by atoms with Crippen LogP contribution in [0.4, 0.5) is 5.82 Å². The Balaban J connectivity index is 1.91. The monoisotopic (exact) mass is 268 g/mol. The van der Waals surface area contributed by atoms with Gasteiger partial charge in [0, 0.05) is 12.7 Å². The van der Waals surface area contributed by atoms with Crippen molar-refractivity contribution in [1.82, 2.24) is 4.98 Å². The molecule has 1 fully saturated rings. The van der Waals surface area contributed by atoms with Gasteiger partial charge >= 0.3 is 0 Å². The number of nitrogens with zero attached hydrogens (tertiary/aromatic N) is 1. The van der Waals surface area contributed by atoms with E-state index in [1.54, 1.807) is 0 Å². The topological polar surface area (TPSA) is 24.9 Å². The SMILES string of the molecule is CCCC1(CNc2ncccc2Br)CC1.